The first-order valence-electron chi connectivity index (χ1n) is 10.2. The molecule has 5 rings (SSSR count). The molecule has 1 amide bonds. The van der Waals surface area contributed by atoms with E-state index in [1.165, 1.54) is 17.6 Å². The molecule has 0 aromatic carbocycles. The summed E-state index contributed by atoms with van der Waals surface area (Å²) in [5.41, 5.74) is 1.57. The highest BCUT2D eigenvalue weighted by atomic mass is 32.1. The molecule has 1 unspecified atom stereocenters. The molecule has 4 aromatic heterocycles. The molecule has 31 heavy (non-hydrogen) atoms. The van der Waals surface area contributed by atoms with Gasteiger partial charge in [0.2, 0.25) is 5.78 Å². The first-order valence-corrected chi connectivity index (χ1v) is 11.0. The number of anilines is 1. The molecule has 0 fully saturated rings. The second-order valence-electron chi connectivity index (χ2n) is 7.79. The van der Waals surface area contributed by atoms with E-state index < -0.39 is 0 Å². The van der Waals surface area contributed by atoms with Crippen LogP contribution in [-0.2, 0) is 19.4 Å². The highest BCUT2D eigenvalue weighted by Gasteiger charge is 2.30. The van der Waals surface area contributed by atoms with Crippen molar-refractivity contribution in [3.05, 3.63) is 82.3 Å². The maximum Gasteiger partial charge on any atom is 0.291 e. The minimum Gasteiger partial charge on any atom is -0.461 e. The van der Waals surface area contributed by atoms with Crippen molar-refractivity contribution in [3.63, 3.8) is 0 Å². The lowest BCUT2D eigenvalue weighted by Crippen LogP contribution is -2.15. The summed E-state index contributed by atoms with van der Waals surface area (Å²) in [7, 11) is 0. The van der Waals surface area contributed by atoms with E-state index in [1.54, 1.807) is 35.1 Å². The van der Waals surface area contributed by atoms with Gasteiger partial charge in [0, 0.05) is 17.3 Å². The minimum absolute atomic E-state index is 0.193. The highest BCUT2D eigenvalue weighted by Crippen LogP contribution is 2.41. The number of rotatable bonds is 6. The number of furan rings is 2. The molecule has 0 saturated carbocycles. The quantitative estimate of drug-likeness (QED) is 0.440. The highest BCUT2D eigenvalue weighted by molar-refractivity contribution is 7.17. The van der Waals surface area contributed by atoms with Crippen LogP contribution in [0.25, 0.3) is 0 Å². The molecule has 4 aromatic rings. The van der Waals surface area contributed by atoms with Gasteiger partial charge in [0.15, 0.2) is 11.5 Å². The average molecular weight is 436 g/mol. The van der Waals surface area contributed by atoms with Gasteiger partial charge >= 0.3 is 0 Å². The van der Waals surface area contributed by atoms with Crippen LogP contribution in [0, 0.1) is 5.92 Å². The van der Waals surface area contributed by atoms with Crippen LogP contribution in [-0.4, -0.2) is 21.5 Å². The molecule has 0 saturated heterocycles. The maximum absolute atomic E-state index is 13.2. The van der Waals surface area contributed by atoms with Gasteiger partial charge in [-0.3, -0.25) is 14.3 Å². The number of nitrogens with zero attached hydrogens (tertiary/aromatic N) is 2. The average Bonchev–Trinajstić information content (AvgIpc) is 3.54. The van der Waals surface area contributed by atoms with Gasteiger partial charge in [0.05, 0.1) is 18.4 Å². The predicted octanol–water partition coefficient (Wildman–Crippen LogP) is 4.79. The van der Waals surface area contributed by atoms with Gasteiger partial charge in [-0.1, -0.05) is 6.92 Å². The third-order valence-corrected chi connectivity index (χ3v) is 6.64. The smallest absolute Gasteiger partial charge is 0.291 e. The van der Waals surface area contributed by atoms with Gasteiger partial charge in [0.25, 0.3) is 5.91 Å². The Labute approximate surface area is 182 Å². The van der Waals surface area contributed by atoms with E-state index in [0.717, 1.165) is 29.7 Å². The molecule has 1 atom stereocenters. The summed E-state index contributed by atoms with van der Waals surface area (Å²) >= 11 is 1.47. The van der Waals surface area contributed by atoms with Crippen LogP contribution in [0.2, 0.25) is 0 Å². The molecular formula is C23H21N3O4S. The zero-order valence-corrected chi connectivity index (χ0v) is 17.8. The van der Waals surface area contributed by atoms with Crippen LogP contribution >= 0.6 is 11.3 Å². The van der Waals surface area contributed by atoms with Crippen molar-refractivity contribution in [3.8, 4) is 0 Å². The Morgan fingerprint density at radius 1 is 1.26 bits per heavy atom. The topological polar surface area (TPSA) is 90.3 Å². The number of fused-ring (bicyclic) bond motifs is 1. The molecule has 0 spiro atoms. The molecule has 7 nitrogen and oxygen atoms in total. The summed E-state index contributed by atoms with van der Waals surface area (Å²) in [6.45, 7) is 2.65. The van der Waals surface area contributed by atoms with Gasteiger partial charge in [-0.15, -0.1) is 11.3 Å². The van der Waals surface area contributed by atoms with E-state index in [0.29, 0.717) is 28.8 Å². The molecule has 1 N–H and O–H groups in total. The SMILES string of the molecule is CC1CCc2c(sc(NC(=O)c3ccc(Cn4cccn4)o3)c2C(=O)c2ccco2)C1. The fourth-order valence-electron chi connectivity index (χ4n) is 3.91. The Hall–Kier alpha value is -3.39. The molecule has 8 heteroatoms. The summed E-state index contributed by atoms with van der Waals surface area (Å²) < 4.78 is 12.8. The fraction of sp³-hybridized carbons (Fsp3) is 0.261. The number of hydrogen-bond donors (Lipinski definition) is 1. The van der Waals surface area contributed by atoms with E-state index in [2.05, 4.69) is 17.3 Å². The Kier molecular flexibility index (Phi) is 5.07. The zero-order chi connectivity index (χ0) is 21.4. The Balaban J connectivity index is 1.43. The maximum atomic E-state index is 13.2. The van der Waals surface area contributed by atoms with Crippen molar-refractivity contribution in [2.45, 2.75) is 32.7 Å². The van der Waals surface area contributed by atoms with Gasteiger partial charge in [-0.25, -0.2) is 0 Å². The van der Waals surface area contributed by atoms with Gasteiger partial charge in [-0.2, -0.15) is 5.10 Å². The van der Waals surface area contributed by atoms with Crippen molar-refractivity contribution in [1.29, 1.82) is 0 Å². The summed E-state index contributed by atoms with van der Waals surface area (Å²) in [5, 5.41) is 7.61. The number of thiophene rings is 1. The van der Waals surface area contributed by atoms with Crippen LogP contribution in [0.5, 0.6) is 0 Å². The Bertz CT molecular complexity index is 1220. The summed E-state index contributed by atoms with van der Waals surface area (Å²) in [4.78, 5) is 27.2. The van der Waals surface area contributed by atoms with E-state index in [9.17, 15) is 9.59 Å². The number of aromatic nitrogens is 2. The van der Waals surface area contributed by atoms with Crippen molar-refractivity contribution in [2.75, 3.05) is 5.32 Å². The van der Waals surface area contributed by atoms with E-state index >= 15 is 0 Å². The second-order valence-corrected chi connectivity index (χ2v) is 8.89. The number of amides is 1. The zero-order valence-electron chi connectivity index (χ0n) is 17.0. The monoisotopic (exact) mass is 435 g/mol. The molecule has 4 heterocycles. The largest absolute Gasteiger partial charge is 0.461 e. The number of ketones is 1. The lowest BCUT2D eigenvalue weighted by atomic mass is 9.87. The first kappa shape index (κ1) is 19.6. The lowest BCUT2D eigenvalue weighted by molar-refractivity contribution is 0.0995. The molecule has 0 radical (unpaired) electrons. The molecular weight excluding hydrogens is 414 g/mol. The van der Waals surface area contributed by atoms with Crippen molar-refractivity contribution in [2.24, 2.45) is 5.92 Å². The number of nitrogens with one attached hydrogen (secondary N) is 1. The lowest BCUT2D eigenvalue weighted by Gasteiger charge is -2.18. The van der Waals surface area contributed by atoms with E-state index in [-0.39, 0.29) is 23.2 Å². The standard InChI is InChI=1S/C23H21N3O4S/c1-14-5-7-16-19(12-14)31-23(20(16)21(27)17-4-2-11-29-17)25-22(28)18-8-6-15(30-18)13-26-10-3-9-24-26/h2-4,6,8-11,14H,5,7,12-13H2,1H3,(H,25,28). The molecule has 0 bridgehead atoms. The summed E-state index contributed by atoms with van der Waals surface area (Å²) in [6.07, 6.45) is 7.74. The molecule has 1 aliphatic carbocycles. The van der Waals surface area contributed by atoms with Crippen molar-refractivity contribution in [1.82, 2.24) is 9.78 Å². The van der Waals surface area contributed by atoms with Crippen LogP contribution in [0.3, 0.4) is 0 Å². The molecule has 1 aliphatic rings. The number of hydrogen-bond acceptors (Lipinski definition) is 6. The predicted molar refractivity (Wildman–Crippen MR) is 116 cm³/mol. The van der Waals surface area contributed by atoms with Crippen molar-refractivity contribution < 1.29 is 18.4 Å². The number of carbonyl (C=O) groups is 2. The summed E-state index contributed by atoms with van der Waals surface area (Å²) in [5.74, 6) is 1.06. The fourth-order valence-corrected chi connectivity index (χ4v) is 5.32. The van der Waals surface area contributed by atoms with Crippen LogP contribution < -0.4 is 5.32 Å². The van der Waals surface area contributed by atoms with Crippen molar-refractivity contribution >= 4 is 28.0 Å². The normalized spacial score (nSPS) is 15.6. The van der Waals surface area contributed by atoms with Gasteiger partial charge in [-0.05, 0) is 61.1 Å². The van der Waals surface area contributed by atoms with Crippen LogP contribution in [0.15, 0.2) is 57.8 Å². The third-order valence-electron chi connectivity index (χ3n) is 5.47. The molecule has 158 valence electrons. The van der Waals surface area contributed by atoms with Gasteiger partial charge < -0.3 is 14.2 Å². The second kappa shape index (κ2) is 8.03. The Morgan fingerprint density at radius 2 is 2.16 bits per heavy atom. The summed E-state index contributed by atoms with van der Waals surface area (Å²) in [6, 6.07) is 8.56. The minimum atomic E-state index is -0.383. The third kappa shape index (κ3) is 3.86. The Morgan fingerprint density at radius 3 is 2.94 bits per heavy atom. The van der Waals surface area contributed by atoms with Crippen LogP contribution in [0.4, 0.5) is 5.00 Å². The van der Waals surface area contributed by atoms with Gasteiger partial charge in [0.1, 0.15) is 10.8 Å². The van der Waals surface area contributed by atoms with Crippen LogP contribution in [0.1, 0.15) is 56.2 Å². The molecule has 0 aliphatic heterocycles. The van der Waals surface area contributed by atoms with E-state index in [1.807, 2.05) is 12.3 Å². The van der Waals surface area contributed by atoms with E-state index in [4.69, 9.17) is 8.83 Å². The number of carbonyl (C=O) groups excluding carboxylic acids is 2. The first-order chi connectivity index (χ1) is 15.1.